The second kappa shape index (κ2) is 5.41. The van der Waals surface area contributed by atoms with Gasteiger partial charge in [0.05, 0.1) is 0 Å². The number of hydrogen-bond acceptors (Lipinski definition) is 2. The fraction of sp³-hybridized carbons (Fsp3) is 0.0769. The zero-order chi connectivity index (χ0) is 12.1. The molecule has 2 N–H and O–H groups in total. The van der Waals surface area contributed by atoms with Crippen molar-refractivity contribution in [2.75, 3.05) is 0 Å². The Balaban J connectivity index is 2.01. The molecule has 0 bridgehead atoms. The molecule has 0 aliphatic heterocycles. The average Bonchev–Trinajstić information content (AvgIpc) is 2.37. The molecule has 0 saturated heterocycles. The van der Waals surface area contributed by atoms with Crippen molar-refractivity contribution in [3.63, 3.8) is 0 Å². The summed E-state index contributed by atoms with van der Waals surface area (Å²) in [5, 5.41) is 2.83. The lowest BCUT2D eigenvalue weighted by atomic mass is 10.2. The Morgan fingerprint density at radius 3 is 2.59 bits per heavy atom. The molecule has 17 heavy (non-hydrogen) atoms. The smallest absolute Gasteiger partial charge is 0.267 e. The van der Waals surface area contributed by atoms with Gasteiger partial charge in [-0.1, -0.05) is 48.6 Å². The molecule has 0 aliphatic rings. The largest absolute Gasteiger partial charge is 0.347 e. The van der Waals surface area contributed by atoms with Crippen LogP contribution in [0.25, 0.3) is 0 Å². The summed E-state index contributed by atoms with van der Waals surface area (Å²) >= 11 is 4.96. The summed E-state index contributed by atoms with van der Waals surface area (Å²) in [6.45, 7) is 0.509. The number of rotatable bonds is 3. The van der Waals surface area contributed by atoms with Gasteiger partial charge in [-0.3, -0.25) is 4.79 Å². The first-order valence-electron chi connectivity index (χ1n) is 5.27. The summed E-state index contributed by atoms with van der Waals surface area (Å²) in [5.74, 6) is -0.152. The summed E-state index contributed by atoms with van der Waals surface area (Å²) < 4.78 is 0.553. The van der Waals surface area contributed by atoms with Gasteiger partial charge in [-0.05, 0) is 17.7 Å². The number of hydrogen-bond donors (Lipinski definition) is 2. The lowest BCUT2D eigenvalue weighted by Gasteiger charge is -2.05. The Bertz CT molecular complexity index is 563. The van der Waals surface area contributed by atoms with Crippen molar-refractivity contribution in [1.29, 1.82) is 0 Å². The van der Waals surface area contributed by atoms with Gasteiger partial charge in [0.15, 0.2) is 0 Å². The van der Waals surface area contributed by atoms with Gasteiger partial charge in [-0.2, -0.15) is 0 Å². The van der Waals surface area contributed by atoms with E-state index in [4.69, 9.17) is 12.2 Å². The molecule has 0 saturated carbocycles. The van der Waals surface area contributed by atoms with Gasteiger partial charge in [-0.15, -0.1) is 0 Å². The Labute approximate surface area is 105 Å². The lowest BCUT2D eigenvalue weighted by Crippen LogP contribution is -2.23. The van der Waals surface area contributed by atoms with E-state index >= 15 is 0 Å². The third kappa shape index (κ3) is 3.26. The minimum absolute atomic E-state index is 0.152. The summed E-state index contributed by atoms with van der Waals surface area (Å²) in [6, 6.07) is 15.0. The number of carbonyl (C=O) groups excluding carboxylic acids is 1. The monoisotopic (exact) mass is 244 g/mol. The number of aromatic nitrogens is 1. The maximum absolute atomic E-state index is 11.8. The molecule has 86 valence electrons. The first kappa shape index (κ1) is 11.5. The number of H-pyrrole nitrogens is 1. The molecule has 2 aromatic rings. The average molecular weight is 244 g/mol. The van der Waals surface area contributed by atoms with E-state index < -0.39 is 0 Å². The van der Waals surface area contributed by atoms with E-state index in [1.807, 2.05) is 30.3 Å². The third-order valence-corrected chi connectivity index (χ3v) is 2.55. The van der Waals surface area contributed by atoms with Crippen molar-refractivity contribution < 1.29 is 4.79 Å². The van der Waals surface area contributed by atoms with Crippen molar-refractivity contribution in [3.8, 4) is 0 Å². The van der Waals surface area contributed by atoms with Gasteiger partial charge in [0.1, 0.15) is 10.3 Å². The Morgan fingerprint density at radius 1 is 1.12 bits per heavy atom. The first-order chi connectivity index (χ1) is 8.25. The molecule has 3 nitrogen and oxygen atoms in total. The maximum Gasteiger partial charge on any atom is 0.267 e. The fourth-order valence-electron chi connectivity index (χ4n) is 1.45. The predicted octanol–water partition coefficient (Wildman–Crippen LogP) is 2.67. The molecule has 1 aromatic carbocycles. The quantitative estimate of drug-likeness (QED) is 0.815. The second-order valence-electron chi connectivity index (χ2n) is 3.60. The van der Waals surface area contributed by atoms with E-state index in [2.05, 4.69) is 10.3 Å². The topological polar surface area (TPSA) is 44.9 Å². The summed E-state index contributed by atoms with van der Waals surface area (Å²) in [7, 11) is 0. The van der Waals surface area contributed by atoms with Crippen molar-refractivity contribution in [2.45, 2.75) is 6.54 Å². The highest BCUT2D eigenvalue weighted by molar-refractivity contribution is 7.71. The standard InChI is InChI=1S/C13H12N2OS/c16-13(11-7-4-8-12(17)15-11)14-9-10-5-2-1-3-6-10/h1-8H,9H2,(H,14,16)(H,15,17). The van der Waals surface area contributed by atoms with Crippen LogP contribution in [0.4, 0.5) is 0 Å². The van der Waals surface area contributed by atoms with Crippen LogP contribution in [-0.2, 0) is 6.54 Å². The molecule has 0 aliphatic carbocycles. The van der Waals surface area contributed by atoms with Crippen LogP contribution in [0.15, 0.2) is 48.5 Å². The summed E-state index contributed by atoms with van der Waals surface area (Å²) in [5.41, 5.74) is 1.55. The Kier molecular flexibility index (Phi) is 3.67. The first-order valence-corrected chi connectivity index (χ1v) is 5.68. The molecule has 0 radical (unpaired) electrons. The molecular formula is C13H12N2OS. The molecule has 1 heterocycles. The highest BCUT2D eigenvalue weighted by atomic mass is 32.1. The van der Waals surface area contributed by atoms with Gasteiger partial charge >= 0.3 is 0 Å². The van der Waals surface area contributed by atoms with E-state index in [0.717, 1.165) is 5.56 Å². The van der Waals surface area contributed by atoms with E-state index in [1.54, 1.807) is 18.2 Å². The van der Waals surface area contributed by atoms with E-state index in [-0.39, 0.29) is 5.91 Å². The molecule has 0 fully saturated rings. The number of aromatic amines is 1. The number of benzene rings is 1. The Morgan fingerprint density at radius 2 is 1.88 bits per heavy atom. The molecule has 1 amide bonds. The normalized spacial score (nSPS) is 9.88. The number of pyridine rings is 1. The molecule has 0 unspecified atom stereocenters. The van der Waals surface area contributed by atoms with E-state index in [9.17, 15) is 4.79 Å². The van der Waals surface area contributed by atoms with Crippen LogP contribution in [-0.4, -0.2) is 10.9 Å². The van der Waals surface area contributed by atoms with Gasteiger partial charge in [0, 0.05) is 6.54 Å². The number of nitrogens with one attached hydrogen (secondary N) is 2. The highest BCUT2D eigenvalue weighted by Crippen LogP contribution is 1.99. The van der Waals surface area contributed by atoms with Gasteiger partial charge in [0.2, 0.25) is 0 Å². The number of carbonyl (C=O) groups is 1. The summed E-state index contributed by atoms with van der Waals surface area (Å²) in [6.07, 6.45) is 0. The van der Waals surface area contributed by atoms with Crippen LogP contribution >= 0.6 is 12.2 Å². The van der Waals surface area contributed by atoms with Crippen LogP contribution < -0.4 is 5.32 Å². The zero-order valence-electron chi connectivity index (χ0n) is 9.14. The second-order valence-corrected chi connectivity index (χ2v) is 4.04. The van der Waals surface area contributed by atoms with Crippen LogP contribution in [0.1, 0.15) is 16.1 Å². The van der Waals surface area contributed by atoms with Crippen LogP contribution in [0.2, 0.25) is 0 Å². The van der Waals surface area contributed by atoms with Gasteiger partial charge in [-0.25, -0.2) is 0 Å². The third-order valence-electron chi connectivity index (χ3n) is 2.31. The molecular weight excluding hydrogens is 232 g/mol. The van der Waals surface area contributed by atoms with E-state index in [1.165, 1.54) is 0 Å². The number of amides is 1. The fourth-order valence-corrected chi connectivity index (χ4v) is 1.64. The van der Waals surface area contributed by atoms with Crippen molar-refractivity contribution in [1.82, 2.24) is 10.3 Å². The van der Waals surface area contributed by atoms with E-state index in [0.29, 0.717) is 16.9 Å². The Hall–Kier alpha value is -1.94. The molecule has 1 aromatic heterocycles. The highest BCUT2D eigenvalue weighted by Gasteiger charge is 2.04. The SMILES string of the molecule is O=C(NCc1ccccc1)c1cccc(=S)[nH]1. The van der Waals surface area contributed by atoms with Crippen molar-refractivity contribution in [3.05, 3.63) is 64.4 Å². The van der Waals surface area contributed by atoms with Crippen LogP contribution in [0.5, 0.6) is 0 Å². The molecule has 0 spiro atoms. The summed E-state index contributed by atoms with van der Waals surface area (Å²) in [4.78, 5) is 14.6. The minimum atomic E-state index is -0.152. The van der Waals surface area contributed by atoms with Gasteiger partial charge < -0.3 is 10.3 Å². The van der Waals surface area contributed by atoms with Crippen LogP contribution in [0.3, 0.4) is 0 Å². The van der Waals surface area contributed by atoms with Gasteiger partial charge in [0.25, 0.3) is 5.91 Å². The minimum Gasteiger partial charge on any atom is -0.347 e. The predicted molar refractivity (Wildman–Crippen MR) is 69.2 cm³/mol. The van der Waals surface area contributed by atoms with Crippen molar-refractivity contribution in [2.24, 2.45) is 0 Å². The lowest BCUT2D eigenvalue weighted by molar-refractivity contribution is 0.0946. The zero-order valence-corrected chi connectivity index (χ0v) is 9.96. The molecule has 2 rings (SSSR count). The molecule has 4 heteroatoms. The molecule has 0 atom stereocenters. The van der Waals surface area contributed by atoms with Crippen LogP contribution in [0, 0.1) is 4.64 Å². The van der Waals surface area contributed by atoms with Crippen molar-refractivity contribution >= 4 is 18.1 Å². The maximum atomic E-state index is 11.8.